The van der Waals surface area contributed by atoms with Crippen LogP contribution in [0.3, 0.4) is 0 Å². The largest absolute Gasteiger partial charge is 0.481 e. The Hall–Kier alpha value is -4.14. The summed E-state index contributed by atoms with van der Waals surface area (Å²) in [5.41, 5.74) is 4.13. The maximum Gasteiger partial charge on any atom is 0.305 e. The highest BCUT2D eigenvalue weighted by Crippen LogP contribution is 2.50. The Balaban J connectivity index is 1.56. The van der Waals surface area contributed by atoms with Gasteiger partial charge in [0.2, 0.25) is 7.37 Å². The van der Waals surface area contributed by atoms with Crippen LogP contribution < -0.4 is 10.4 Å². The normalized spacial score (nSPS) is 14.0. The number of aromatic nitrogens is 2. The van der Waals surface area contributed by atoms with Gasteiger partial charge in [0.1, 0.15) is 11.5 Å². The van der Waals surface area contributed by atoms with Crippen LogP contribution in [0, 0.1) is 5.82 Å². The van der Waals surface area contributed by atoms with Gasteiger partial charge in [0, 0.05) is 36.1 Å². The molecule has 0 spiro atoms. The van der Waals surface area contributed by atoms with E-state index in [9.17, 15) is 18.9 Å². The molecule has 1 unspecified atom stereocenters. The quantitative estimate of drug-likeness (QED) is 0.0857. The number of hydrogen-bond donors (Lipinski definition) is 1. The van der Waals surface area contributed by atoms with Gasteiger partial charge in [0.15, 0.2) is 0 Å². The molecule has 0 aliphatic heterocycles. The van der Waals surface area contributed by atoms with Crippen molar-refractivity contribution in [2.75, 3.05) is 19.4 Å². The molecule has 51 heavy (non-hydrogen) atoms. The molecule has 0 amide bonds. The first-order valence-corrected chi connectivity index (χ1v) is 21.3. The number of aliphatic carboxylic acids is 1. The van der Waals surface area contributed by atoms with Crippen molar-refractivity contribution in [3.8, 4) is 22.4 Å². The van der Waals surface area contributed by atoms with Gasteiger partial charge < -0.3 is 14.1 Å². The highest BCUT2D eigenvalue weighted by atomic mass is 31.2. The van der Waals surface area contributed by atoms with E-state index < -0.39 is 32.8 Å². The Morgan fingerprint density at radius 2 is 1.39 bits per heavy atom. The number of carboxylic acids is 1. The molecule has 268 valence electrons. The molecule has 0 saturated heterocycles. The number of hydrogen-bond acceptors (Lipinski definition) is 5. The van der Waals surface area contributed by atoms with Crippen LogP contribution in [-0.2, 0) is 24.7 Å². The van der Waals surface area contributed by atoms with Crippen LogP contribution in [0.1, 0.15) is 52.8 Å². The molecule has 7 nitrogen and oxygen atoms in total. The third-order valence-electron chi connectivity index (χ3n) is 9.35. The molecule has 1 aromatic heterocycles. The van der Waals surface area contributed by atoms with Gasteiger partial charge in [-0.2, -0.15) is 5.10 Å². The fraction of sp³-hybridized carbons (Fsp3) is 0.317. The number of benzene rings is 4. The zero-order valence-electron chi connectivity index (χ0n) is 30.3. The summed E-state index contributed by atoms with van der Waals surface area (Å²) in [5, 5.41) is 16.8. The Kier molecular flexibility index (Phi) is 12.0. The Morgan fingerprint density at radius 3 is 1.86 bits per heavy atom. The molecule has 0 bridgehead atoms. The summed E-state index contributed by atoms with van der Waals surface area (Å²) in [6.45, 7) is 10.5. The monoisotopic (exact) mass is 726 g/mol. The molecule has 0 radical (unpaired) electrons. The smallest absolute Gasteiger partial charge is 0.305 e. The average Bonchev–Trinajstić information content (AvgIpc) is 3.50. The van der Waals surface area contributed by atoms with Crippen LogP contribution in [0.15, 0.2) is 115 Å². The summed E-state index contributed by atoms with van der Waals surface area (Å²) < 4.78 is 44.0. The minimum Gasteiger partial charge on any atom is -0.481 e. The SMILES string of the molecule is COP(=O)(CCc1c(-c2ccc(F)cc2)c(-c2ccccc2)nn1C(C)C)C[C@H](CC(=O)O)O[Si](c1ccccc1)(c1ccccc1)C(C)(C)C. The van der Waals surface area contributed by atoms with E-state index >= 15 is 0 Å². The third kappa shape index (κ3) is 8.50. The standard InChI is InChI=1S/C41H48FN2O5PSi/c1-30(2)44-37(39(31-22-24-33(42)25-23-31)40(43-44)32-16-10-7-11-17-32)26-27-50(47,48-6)29-34(28-38(45)46)49-51(41(3,4)5,35-18-12-8-13-19-35)36-20-14-9-15-21-36/h7-25,30,34H,26-29H2,1-6H3,(H,45,46)/t34-,50?/m0/s1. The molecule has 0 aliphatic rings. The zero-order chi connectivity index (χ0) is 36.8. The maximum atomic E-state index is 14.8. The summed E-state index contributed by atoms with van der Waals surface area (Å²) >= 11 is 0. The first-order chi connectivity index (χ1) is 24.3. The van der Waals surface area contributed by atoms with Gasteiger partial charge in [-0.05, 0) is 53.4 Å². The molecular weight excluding hydrogens is 679 g/mol. The Bertz CT molecular complexity index is 1910. The van der Waals surface area contributed by atoms with Gasteiger partial charge >= 0.3 is 5.97 Å². The second-order valence-corrected chi connectivity index (χ2v) is 21.3. The number of nitrogens with zero attached hydrogens (tertiary/aromatic N) is 2. The fourth-order valence-electron chi connectivity index (χ4n) is 6.98. The second-order valence-electron chi connectivity index (χ2n) is 14.2. The van der Waals surface area contributed by atoms with Crippen molar-refractivity contribution >= 4 is 32.0 Å². The van der Waals surface area contributed by atoms with Crippen LogP contribution >= 0.6 is 7.37 Å². The topological polar surface area (TPSA) is 90.7 Å². The van der Waals surface area contributed by atoms with Crippen molar-refractivity contribution in [2.24, 2.45) is 0 Å². The lowest BCUT2D eigenvalue weighted by molar-refractivity contribution is -0.138. The highest BCUT2D eigenvalue weighted by molar-refractivity contribution is 7.59. The molecule has 5 rings (SSSR count). The van der Waals surface area contributed by atoms with E-state index in [0.29, 0.717) is 6.42 Å². The molecule has 5 aromatic rings. The van der Waals surface area contributed by atoms with E-state index in [4.69, 9.17) is 14.0 Å². The molecule has 1 N–H and O–H groups in total. The molecule has 0 aliphatic carbocycles. The average molecular weight is 727 g/mol. The summed E-state index contributed by atoms with van der Waals surface area (Å²) in [6, 6.07) is 36.1. The molecule has 2 atom stereocenters. The van der Waals surface area contributed by atoms with Crippen molar-refractivity contribution in [1.82, 2.24) is 9.78 Å². The minimum atomic E-state index is -3.50. The van der Waals surface area contributed by atoms with Crippen molar-refractivity contribution in [1.29, 1.82) is 0 Å². The van der Waals surface area contributed by atoms with E-state index in [1.165, 1.54) is 19.2 Å². The van der Waals surface area contributed by atoms with Crippen molar-refractivity contribution in [3.63, 3.8) is 0 Å². The highest BCUT2D eigenvalue weighted by Gasteiger charge is 2.52. The van der Waals surface area contributed by atoms with Gasteiger partial charge in [-0.3, -0.25) is 14.0 Å². The summed E-state index contributed by atoms with van der Waals surface area (Å²) in [6.07, 6.45) is -0.848. The predicted octanol–water partition coefficient (Wildman–Crippen LogP) is 8.82. The molecule has 0 fully saturated rings. The first kappa shape index (κ1) is 38.1. The number of rotatable bonds is 15. The lowest BCUT2D eigenvalue weighted by atomic mass is 9.98. The molecule has 0 saturated carbocycles. The van der Waals surface area contributed by atoms with Crippen LogP contribution in [0.25, 0.3) is 22.4 Å². The van der Waals surface area contributed by atoms with Crippen LogP contribution in [0.4, 0.5) is 4.39 Å². The third-order valence-corrected chi connectivity index (χ3v) is 17.0. The van der Waals surface area contributed by atoms with Crippen LogP contribution in [0.5, 0.6) is 0 Å². The van der Waals surface area contributed by atoms with Crippen LogP contribution in [-0.4, -0.2) is 54.7 Å². The van der Waals surface area contributed by atoms with Crippen molar-refractivity contribution in [2.45, 2.75) is 64.6 Å². The lowest BCUT2D eigenvalue weighted by Gasteiger charge is -2.45. The van der Waals surface area contributed by atoms with E-state index in [2.05, 4.69) is 20.8 Å². The maximum absolute atomic E-state index is 14.8. The second kappa shape index (κ2) is 16.0. The van der Waals surface area contributed by atoms with Crippen LogP contribution in [0.2, 0.25) is 5.04 Å². The van der Waals surface area contributed by atoms with Crippen molar-refractivity contribution < 1.29 is 27.8 Å². The lowest BCUT2D eigenvalue weighted by Crippen LogP contribution is -2.68. The fourth-order valence-corrected chi connectivity index (χ4v) is 13.7. The molecule has 10 heteroatoms. The molecule has 1 heterocycles. The summed E-state index contributed by atoms with van der Waals surface area (Å²) in [5.74, 6) is -1.38. The minimum absolute atomic E-state index is 0.0307. The Labute approximate surface area is 302 Å². The van der Waals surface area contributed by atoms with E-state index in [1.54, 1.807) is 12.1 Å². The number of carbonyl (C=O) groups is 1. The zero-order valence-corrected chi connectivity index (χ0v) is 32.1. The van der Waals surface area contributed by atoms with Crippen molar-refractivity contribution in [3.05, 3.63) is 127 Å². The number of halogens is 1. The van der Waals surface area contributed by atoms with Gasteiger partial charge in [-0.25, -0.2) is 4.39 Å². The van der Waals surface area contributed by atoms with E-state index in [0.717, 1.165) is 38.5 Å². The van der Waals surface area contributed by atoms with Gasteiger partial charge in [-0.15, -0.1) is 0 Å². The Morgan fingerprint density at radius 1 is 0.863 bits per heavy atom. The molecule has 4 aromatic carbocycles. The van der Waals surface area contributed by atoms with Gasteiger partial charge in [-0.1, -0.05) is 124 Å². The van der Waals surface area contributed by atoms with E-state index in [1.807, 2.05) is 110 Å². The molecular formula is C41H48FN2O5PSi. The summed E-state index contributed by atoms with van der Waals surface area (Å²) in [4.78, 5) is 12.4. The van der Waals surface area contributed by atoms with Gasteiger partial charge in [0.25, 0.3) is 8.32 Å². The predicted molar refractivity (Wildman–Crippen MR) is 206 cm³/mol. The van der Waals surface area contributed by atoms with E-state index in [-0.39, 0.29) is 30.6 Å². The summed E-state index contributed by atoms with van der Waals surface area (Å²) in [7, 11) is -5.25. The first-order valence-electron chi connectivity index (χ1n) is 17.3. The van der Waals surface area contributed by atoms with Gasteiger partial charge in [0.05, 0.1) is 18.7 Å². The number of carboxylic acid groups (broad SMARTS) is 1.